The second kappa shape index (κ2) is 6.56. The average Bonchev–Trinajstić information content (AvgIpc) is 3.30. The molecule has 2 bridgehead atoms. The van der Waals surface area contributed by atoms with E-state index in [9.17, 15) is 15.8 Å². The van der Waals surface area contributed by atoms with Crippen LogP contribution < -0.4 is 0 Å². The maximum Gasteiger partial charge on any atom is 0.218 e. The van der Waals surface area contributed by atoms with Crippen LogP contribution in [0.25, 0.3) is 0 Å². The van der Waals surface area contributed by atoms with Gasteiger partial charge in [-0.2, -0.15) is 15.8 Å². The molecule has 4 unspecified atom stereocenters. The van der Waals surface area contributed by atoms with Crippen LogP contribution in [0.2, 0.25) is 10.0 Å². The van der Waals surface area contributed by atoms with E-state index >= 15 is 0 Å². The Morgan fingerprint density at radius 3 is 2.39 bits per heavy atom. The molecule has 1 aliphatic carbocycles. The lowest BCUT2D eigenvalue weighted by Crippen LogP contribution is -2.63. The molecule has 0 radical (unpaired) electrons. The standard InChI is InChI=1S/C21H16Cl2N4O4/c22-13-3-1-2-12(15(13)23)16-18(9-24,10-25)20(11-26)14-8-19(28-6-7-29-19)4-5-21(14,30-16)31-17(20)27/h1-3,14,16,27H,4-8H2. The maximum atomic E-state index is 10.4. The fraction of sp³-hybridized carbons (Fsp3) is 0.524. The van der Waals surface area contributed by atoms with Crippen molar-refractivity contribution in [2.45, 2.75) is 36.9 Å². The third-order valence-electron chi connectivity index (χ3n) is 7.00. The number of hydrogen-bond donors (Lipinski definition) is 1. The maximum absolute atomic E-state index is 10.4. The summed E-state index contributed by atoms with van der Waals surface area (Å²) in [6.07, 6.45) is -0.429. The normalized spacial score (nSPS) is 36.7. The summed E-state index contributed by atoms with van der Waals surface area (Å²) in [6, 6.07) is 10.9. The highest BCUT2D eigenvalue weighted by Crippen LogP contribution is 2.71. The molecule has 1 aromatic rings. The Kier molecular flexibility index (Phi) is 4.34. The van der Waals surface area contributed by atoms with Gasteiger partial charge >= 0.3 is 0 Å². The van der Waals surface area contributed by atoms with Gasteiger partial charge in [-0.25, -0.2) is 0 Å². The molecule has 1 saturated carbocycles. The Hall–Kier alpha value is -2.38. The van der Waals surface area contributed by atoms with Crippen LogP contribution >= 0.6 is 23.2 Å². The lowest BCUT2D eigenvalue weighted by Gasteiger charge is -2.54. The van der Waals surface area contributed by atoms with Crippen molar-refractivity contribution in [2.24, 2.45) is 16.7 Å². The van der Waals surface area contributed by atoms with E-state index in [4.69, 9.17) is 47.6 Å². The predicted molar refractivity (Wildman–Crippen MR) is 106 cm³/mol. The third kappa shape index (κ3) is 2.31. The van der Waals surface area contributed by atoms with Gasteiger partial charge in [-0.15, -0.1) is 0 Å². The van der Waals surface area contributed by atoms with E-state index in [1.807, 2.05) is 12.1 Å². The number of benzene rings is 1. The number of rotatable bonds is 1. The molecule has 1 N–H and O–H groups in total. The summed E-state index contributed by atoms with van der Waals surface area (Å²) >= 11 is 12.6. The highest BCUT2D eigenvalue weighted by Gasteiger charge is 2.82. The molecule has 3 aliphatic heterocycles. The van der Waals surface area contributed by atoms with Gasteiger partial charge in [-0.3, -0.25) is 5.41 Å². The van der Waals surface area contributed by atoms with Crippen molar-refractivity contribution in [1.29, 1.82) is 21.2 Å². The van der Waals surface area contributed by atoms with Gasteiger partial charge in [0.2, 0.25) is 17.1 Å². The summed E-state index contributed by atoms with van der Waals surface area (Å²) in [5.41, 5.74) is -3.73. The Labute approximate surface area is 188 Å². The first-order valence-electron chi connectivity index (χ1n) is 9.75. The van der Waals surface area contributed by atoms with E-state index < -0.39 is 40.3 Å². The Bertz CT molecular complexity index is 1100. The van der Waals surface area contributed by atoms with Crippen LogP contribution in [-0.4, -0.2) is 30.7 Å². The quantitative estimate of drug-likeness (QED) is 0.675. The van der Waals surface area contributed by atoms with Crippen molar-refractivity contribution in [1.82, 2.24) is 0 Å². The second-order valence-corrected chi connectivity index (χ2v) is 8.98. The van der Waals surface area contributed by atoms with Crippen molar-refractivity contribution >= 4 is 29.1 Å². The molecule has 31 heavy (non-hydrogen) atoms. The lowest BCUT2D eigenvalue weighted by molar-refractivity contribution is -0.330. The molecule has 0 aromatic heterocycles. The van der Waals surface area contributed by atoms with Crippen molar-refractivity contribution in [3.05, 3.63) is 33.8 Å². The number of nitriles is 3. The number of hydrogen-bond acceptors (Lipinski definition) is 8. The first-order chi connectivity index (χ1) is 14.8. The molecule has 0 amide bonds. The topological polar surface area (TPSA) is 132 Å². The van der Waals surface area contributed by atoms with E-state index in [0.29, 0.717) is 25.2 Å². The second-order valence-electron chi connectivity index (χ2n) is 8.20. The summed E-state index contributed by atoms with van der Waals surface area (Å²) in [6.45, 7) is 0.807. The van der Waals surface area contributed by atoms with Crippen LogP contribution in [0.5, 0.6) is 0 Å². The molecule has 3 saturated heterocycles. The van der Waals surface area contributed by atoms with E-state index in [1.54, 1.807) is 18.2 Å². The Morgan fingerprint density at radius 1 is 1.03 bits per heavy atom. The van der Waals surface area contributed by atoms with Gasteiger partial charge in [0.1, 0.15) is 6.10 Å². The molecule has 1 spiro atoms. The van der Waals surface area contributed by atoms with Crippen LogP contribution in [0.15, 0.2) is 18.2 Å². The third-order valence-corrected chi connectivity index (χ3v) is 7.83. The van der Waals surface area contributed by atoms with E-state index in [1.165, 1.54) is 0 Å². The number of halogens is 2. The molecule has 4 fully saturated rings. The molecular weight excluding hydrogens is 443 g/mol. The van der Waals surface area contributed by atoms with Gasteiger partial charge in [0, 0.05) is 24.8 Å². The fourth-order valence-electron chi connectivity index (χ4n) is 5.55. The van der Waals surface area contributed by atoms with Gasteiger partial charge in [-0.1, -0.05) is 35.3 Å². The molecule has 3 heterocycles. The summed E-state index contributed by atoms with van der Waals surface area (Å²) in [5, 5.41) is 40.0. The Balaban J connectivity index is 1.75. The zero-order chi connectivity index (χ0) is 22.1. The van der Waals surface area contributed by atoms with Crippen LogP contribution in [0.4, 0.5) is 0 Å². The number of nitrogens with zero attached hydrogens (tertiary/aromatic N) is 3. The van der Waals surface area contributed by atoms with Crippen molar-refractivity contribution in [2.75, 3.05) is 13.2 Å². The molecular formula is C21H16Cl2N4O4. The number of nitrogens with one attached hydrogen (secondary N) is 1. The van der Waals surface area contributed by atoms with Crippen molar-refractivity contribution < 1.29 is 18.9 Å². The lowest BCUT2D eigenvalue weighted by atomic mass is 9.51. The molecule has 5 rings (SSSR count). The zero-order valence-electron chi connectivity index (χ0n) is 16.2. The summed E-state index contributed by atoms with van der Waals surface area (Å²) in [5.74, 6) is -3.62. The van der Waals surface area contributed by atoms with Gasteiger partial charge < -0.3 is 18.9 Å². The summed E-state index contributed by atoms with van der Waals surface area (Å²) in [4.78, 5) is 0. The first-order valence-corrected chi connectivity index (χ1v) is 10.5. The average molecular weight is 459 g/mol. The fourth-order valence-corrected chi connectivity index (χ4v) is 5.96. The minimum atomic E-state index is -2.12. The van der Waals surface area contributed by atoms with Gasteiger partial charge in [0.25, 0.3) is 0 Å². The van der Waals surface area contributed by atoms with Gasteiger partial charge in [-0.05, 0) is 6.07 Å². The van der Waals surface area contributed by atoms with E-state index in [0.717, 1.165) is 0 Å². The molecule has 8 nitrogen and oxygen atoms in total. The predicted octanol–water partition coefficient (Wildman–Crippen LogP) is 3.86. The van der Waals surface area contributed by atoms with Gasteiger partial charge in [0.15, 0.2) is 11.2 Å². The smallest absolute Gasteiger partial charge is 0.218 e. The molecule has 4 atom stereocenters. The van der Waals surface area contributed by atoms with Crippen LogP contribution in [0.3, 0.4) is 0 Å². The SMILES string of the molecule is N#CC1(C#N)C(c2cccc(Cl)c2Cl)OC23CCC4(CC2C1(C#N)C(=N)O3)OCCO4. The first kappa shape index (κ1) is 20.5. The van der Waals surface area contributed by atoms with Gasteiger partial charge in [0.05, 0.1) is 47.4 Å². The number of ether oxygens (including phenoxy) is 4. The molecule has 4 aliphatic rings. The van der Waals surface area contributed by atoms with Crippen LogP contribution in [-0.2, 0) is 18.9 Å². The minimum absolute atomic E-state index is 0.118. The minimum Gasteiger partial charge on any atom is -0.447 e. The highest BCUT2D eigenvalue weighted by molar-refractivity contribution is 6.42. The summed E-state index contributed by atoms with van der Waals surface area (Å²) in [7, 11) is 0. The zero-order valence-corrected chi connectivity index (χ0v) is 17.7. The Morgan fingerprint density at radius 2 is 1.74 bits per heavy atom. The largest absolute Gasteiger partial charge is 0.447 e. The van der Waals surface area contributed by atoms with Crippen molar-refractivity contribution in [3.63, 3.8) is 0 Å². The monoisotopic (exact) mass is 458 g/mol. The van der Waals surface area contributed by atoms with Crippen molar-refractivity contribution in [3.8, 4) is 18.2 Å². The molecule has 10 heteroatoms. The van der Waals surface area contributed by atoms with E-state index in [-0.39, 0.29) is 22.9 Å². The van der Waals surface area contributed by atoms with Crippen LogP contribution in [0, 0.1) is 56.2 Å². The van der Waals surface area contributed by atoms with E-state index in [2.05, 4.69) is 6.07 Å². The van der Waals surface area contributed by atoms with Crippen LogP contribution in [0.1, 0.15) is 30.9 Å². The molecule has 158 valence electrons. The highest BCUT2D eigenvalue weighted by atomic mass is 35.5. The molecule has 1 aromatic carbocycles. The summed E-state index contributed by atoms with van der Waals surface area (Å²) < 4.78 is 24.0.